The summed E-state index contributed by atoms with van der Waals surface area (Å²) in [6.45, 7) is 4.39. The zero-order valence-corrected chi connectivity index (χ0v) is 16.0. The van der Waals surface area contributed by atoms with Crippen molar-refractivity contribution in [2.75, 3.05) is 38.1 Å². The number of piperazine rings is 1. The second-order valence-corrected chi connectivity index (χ2v) is 6.98. The van der Waals surface area contributed by atoms with E-state index in [1.165, 1.54) is 0 Å². The molecule has 1 saturated heterocycles. The van der Waals surface area contributed by atoms with Gasteiger partial charge in [0.05, 0.1) is 6.33 Å². The van der Waals surface area contributed by atoms with E-state index in [1.54, 1.807) is 12.5 Å². The fourth-order valence-electron chi connectivity index (χ4n) is 3.35. The van der Waals surface area contributed by atoms with E-state index in [2.05, 4.69) is 32.1 Å². The van der Waals surface area contributed by atoms with E-state index in [1.807, 2.05) is 53.4 Å². The summed E-state index contributed by atoms with van der Waals surface area (Å²) >= 11 is 0. The zero-order valence-electron chi connectivity index (χ0n) is 16.0. The molecule has 1 N–H and O–H groups in total. The second kappa shape index (κ2) is 8.22. The molecule has 0 radical (unpaired) electrons. The minimum atomic E-state index is -0.0923. The first-order valence-corrected chi connectivity index (χ1v) is 9.45. The number of rotatable bonds is 5. The largest absolute Gasteiger partial charge is 0.354 e. The lowest BCUT2D eigenvalue weighted by atomic mass is 10.1. The Balaban J connectivity index is 1.41. The van der Waals surface area contributed by atoms with Crippen LogP contribution in [-0.4, -0.2) is 58.6 Å². The number of nitrogens with zero attached hydrogens (tertiary/aromatic N) is 5. The lowest BCUT2D eigenvalue weighted by molar-refractivity contribution is 0.0951. The van der Waals surface area contributed by atoms with Crippen LogP contribution in [-0.2, 0) is 6.54 Å². The highest BCUT2D eigenvalue weighted by Gasteiger charge is 2.18. The number of hydrogen-bond donors (Lipinski definition) is 1. The number of carbonyl (C=O) groups is 1. The van der Waals surface area contributed by atoms with Gasteiger partial charge in [-0.3, -0.25) is 4.79 Å². The molecule has 7 nitrogen and oxygen atoms in total. The molecule has 7 heteroatoms. The Hall–Kier alpha value is -3.19. The van der Waals surface area contributed by atoms with Crippen LogP contribution in [0.3, 0.4) is 0 Å². The van der Waals surface area contributed by atoms with E-state index >= 15 is 0 Å². The van der Waals surface area contributed by atoms with Crippen LogP contribution < -0.4 is 10.2 Å². The molecule has 0 atom stereocenters. The SMILES string of the molecule is CN1CCN(c2ncccc2CNC(=O)c2ccc(-n3ccnc3)cc2)CC1. The second-order valence-electron chi connectivity index (χ2n) is 6.98. The Morgan fingerprint density at radius 2 is 1.86 bits per heavy atom. The minimum Gasteiger partial charge on any atom is -0.354 e. The third-order valence-corrected chi connectivity index (χ3v) is 5.04. The van der Waals surface area contributed by atoms with Crippen LogP contribution in [0.5, 0.6) is 0 Å². The van der Waals surface area contributed by atoms with E-state index in [0.29, 0.717) is 12.1 Å². The number of carbonyl (C=O) groups excluding carboxylic acids is 1. The van der Waals surface area contributed by atoms with Gasteiger partial charge in [-0.1, -0.05) is 6.07 Å². The Kier molecular flexibility index (Phi) is 5.34. The van der Waals surface area contributed by atoms with Crippen LogP contribution in [0.25, 0.3) is 5.69 Å². The van der Waals surface area contributed by atoms with E-state index in [9.17, 15) is 4.79 Å². The van der Waals surface area contributed by atoms with Gasteiger partial charge in [-0.2, -0.15) is 0 Å². The van der Waals surface area contributed by atoms with E-state index in [4.69, 9.17) is 0 Å². The van der Waals surface area contributed by atoms with Crippen LogP contribution in [0.4, 0.5) is 5.82 Å². The average molecular weight is 376 g/mol. The summed E-state index contributed by atoms with van der Waals surface area (Å²) in [7, 11) is 2.13. The van der Waals surface area contributed by atoms with Crippen molar-refractivity contribution in [3.8, 4) is 5.69 Å². The van der Waals surface area contributed by atoms with Crippen molar-refractivity contribution in [1.82, 2.24) is 24.8 Å². The number of likely N-dealkylation sites (N-methyl/N-ethyl adjacent to an activating group) is 1. The first-order valence-electron chi connectivity index (χ1n) is 9.45. The van der Waals surface area contributed by atoms with Crippen molar-refractivity contribution < 1.29 is 4.79 Å². The van der Waals surface area contributed by atoms with Crippen LogP contribution in [0.2, 0.25) is 0 Å². The number of anilines is 1. The molecule has 0 saturated carbocycles. The first-order chi connectivity index (χ1) is 13.7. The maximum atomic E-state index is 12.6. The molecule has 0 bridgehead atoms. The monoisotopic (exact) mass is 376 g/mol. The average Bonchev–Trinajstić information content (AvgIpc) is 3.28. The molecule has 1 aliphatic heterocycles. The molecule has 3 heterocycles. The van der Waals surface area contributed by atoms with Crippen LogP contribution in [0.15, 0.2) is 61.3 Å². The van der Waals surface area contributed by atoms with E-state index in [0.717, 1.165) is 43.2 Å². The third kappa shape index (κ3) is 4.04. The number of hydrogen-bond acceptors (Lipinski definition) is 5. The van der Waals surface area contributed by atoms with Crippen molar-refractivity contribution >= 4 is 11.7 Å². The van der Waals surface area contributed by atoms with Crippen molar-refractivity contribution in [3.63, 3.8) is 0 Å². The molecule has 28 heavy (non-hydrogen) atoms. The summed E-state index contributed by atoms with van der Waals surface area (Å²) in [5.41, 5.74) is 2.64. The number of imidazole rings is 1. The molecule has 1 amide bonds. The summed E-state index contributed by atoms with van der Waals surface area (Å²) in [6, 6.07) is 11.4. The first kappa shape index (κ1) is 18.2. The van der Waals surface area contributed by atoms with Gasteiger partial charge < -0.3 is 19.7 Å². The quantitative estimate of drug-likeness (QED) is 0.737. The predicted molar refractivity (Wildman–Crippen MR) is 109 cm³/mol. The molecule has 1 aliphatic rings. The normalized spacial score (nSPS) is 14.8. The predicted octanol–water partition coefficient (Wildman–Crippen LogP) is 1.95. The van der Waals surface area contributed by atoms with Gasteiger partial charge >= 0.3 is 0 Å². The molecule has 1 fully saturated rings. The van der Waals surface area contributed by atoms with E-state index < -0.39 is 0 Å². The standard InChI is InChI=1S/C21H24N6O/c1-25-11-13-26(14-12-25)20-18(3-2-8-23-20)15-24-21(28)17-4-6-19(7-5-17)27-10-9-22-16-27/h2-10,16H,11-15H2,1H3,(H,24,28). The highest BCUT2D eigenvalue weighted by molar-refractivity contribution is 5.94. The number of aromatic nitrogens is 3. The maximum absolute atomic E-state index is 12.6. The molecule has 0 spiro atoms. The van der Waals surface area contributed by atoms with Gasteiger partial charge in [-0.05, 0) is 37.4 Å². The van der Waals surface area contributed by atoms with Gasteiger partial charge in [0.2, 0.25) is 0 Å². The Labute approximate surface area is 164 Å². The fraction of sp³-hybridized carbons (Fsp3) is 0.286. The Morgan fingerprint density at radius 1 is 1.07 bits per heavy atom. The fourth-order valence-corrected chi connectivity index (χ4v) is 3.35. The molecule has 0 unspecified atom stereocenters. The maximum Gasteiger partial charge on any atom is 0.251 e. The summed E-state index contributed by atoms with van der Waals surface area (Å²) in [5.74, 6) is 0.872. The van der Waals surface area contributed by atoms with Gasteiger partial charge in [0.25, 0.3) is 5.91 Å². The number of benzene rings is 1. The van der Waals surface area contributed by atoms with Crippen molar-refractivity contribution in [1.29, 1.82) is 0 Å². The van der Waals surface area contributed by atoms with Crippen LogP contribution in [0, 0.1) is 0 Å². The van der Waals surface area contributed by atoms with Gasteiger partial charge in [0.1, 0.15) is 5.82 Å². The molecular formula is C21H24N6O. The lowest BCUT2D eigenvalue weighted by Crippen LogP contribution is -2.45. The highest BCUT2D eigenvalue weighted by atomic mass is 16.1. The topological polar surface area (TPSA) is 66.3 Å². The molecule has 3 aromatic rings. The third-order valence-electron chi connectivity index (χ3n) is 5.04. The summed E-state index contributed by atoms with van der Waals surface area (Å²) in [6.07, 6.45) is 7.15. The Morgan fingerprint density at radius 3 is 2.57 bits per heavy atom. The van der Waals surface area contributed by atoms with Crippen molar-refractivity contribution in [2.24, 2.45) is 0 Å². The van der Waals surface area contributed by atoms with Gasteiger partial charge in [0, 0.05) is 68.1 Å². The van der Waals surface area contributed by atoms with Crippen LogP contribution >= 0.6 is 0 Å². The Bertz CT molecular complexity index is 914. The number of pyridine rings is 1. The van der Waals surface area contributed by atoms with Gasteiger partial charge in [-0.25, -0.2) is 9.97 Å². The highest BCUT2D eigenvalue weighted by Crippen LogP contribution is 2.19. The summed E-state index contributed by atoms with van der Waals surface area (Å²) in [5, 5.41) is 3.02. The molecule has 0 aliphatic carbocycles. The van der Waals surface area contributed by atoms with E-state index in [-0.39, 0.29) is 5.91 Å². The van der Waals surface area contributed by atoms with Crippen LogP contribution in [0.1, 0.15) is 15.9 Å². The molecule has 1 aromatic carbocycles. The molecule has 2 aromatic heterocycles. The zero-order chi connectivity index (χ0) is 19.3. The number of nitrogens with one attached hydrogen (secondary N) is 1. The minimum absolute atomic E-state index is 0.0923. The summed E-state index contributed by atoms with van der Waals surface area (Å²) < 4.78 is 1.90. The molecular weight excluding hydrogens is 352 g/mol. The van der Waals surface area contributed by atoms with Gasteiger partial charge in [-0.15, -0.1) is 0 Å². The molecule has 144 valence electrons. The molecule has 4 rings (SSSR count). The van der Waals surface area contributed by atoms with Crippen molar-refractivity contribution in [3.05, 3.63) is 72.4 Å². The van der Waals surface area contributed by atoms with Crippen molar-refractivity contribution in [2.45, 2.75) is 6.54 Å². The summed E-state index contributed by atoms with van der Waals surface area (Å²) in [4.78, 5) is 25.8. The smallest absolute Gasteiger partial charge is 0.251 e. The lowest BCUT2D eigenvalue weighted by Gasteiger charge is -2.34. The number of amides is 1. The van der Waals surface area contributed by atoms with Gasteiger partial charge in [0.15, 0.2) is 0 Å².